The summed E-state index contributed by atoms with van der Waals surface area (Å²) in [5, 5.41) is 9.17. The third-order valence-electron chi connectivity index (χ3n) is 5.79. The summed E-state index contributed by atoms with van der Waals surface area (Å²) in [4.78, 5) is 19.1. The van der Waals surface area contributed by atoms with Gasteiger partial charge in [0, 0.05) is 11.9 Å². The lowest BCUT2D eigenvalue weighted by Crippen LogP contribution is -2.36. The second-order valence-electron chi connectivity index (χ2n) is 9.68. The topological polar surface area (TPSA) is 66.2 Å². The van der Waals surface area contributed by atoms with Gasteiger partial charge < -0.3 is 4.74 Å². The number of benzene rings is 2. The van der Waals surface area contributed by atoms with Gasteiger partial charge in [0.15, 0.2) is 0 Å². The maximum Gasteiger partial charge on any atom is 0.415 e. The molecule has 0 bridgehead atoms. The van der Waals surface area contributed by atoms with E-state index in [1.165, 1.54) is 0 Å². The van der Waals surface area contributed by atoms with Gasteiger partial charge in [0.2, 0.25) is 0 Å². The SMILES string of the molecule is CC.CC.Cc1ccc(N(Cc2cnc(CF)c(CCc3cccc(C#N)c3)c2C)C(=O)OC(C)(C)C)cc1. The first-order valence-corrected chi connectivity index (χ1v) is 13.7. The van der Waals surface area contributed by atoms with Crippen molar-refractivity contribution in [3.05, 3.63) is 93.8 Å². The van der Waals surface area contributed by atoms with Gasteiger partial charge in [0.25, 0.3) is 0 Å². The summed E-state index contributed by atoms with van der Waals surface area (Å²) in [5.74, 6) is 0. The molecular weight excluding hydrogens is 489 g/mol. The van der Waals surface area contributed by atoms with Crippen LogP contribution >= 0.6 is 0 Å². The normalized spacial score (nSPS) is 10.3. The Morgan fingerprint density at radius 1 is 1.03 bits per heavy atom. The molecule has 0 saturated heterocycles. The number of carbonyl (C=O) groups excluding carboxylic acids is 1. The summed E-state index contributed by atoms with van der Waals surface area (Å²) in [5.41, 5.74) is 5.74. The molecule has 1 amide bonds. The number of aryl methyl sites for hydroxylation is 2. The van der Waals surface area contributed by atoms with Crippen LogP contribution in [-0.4, -0.2) is 16.7 Å². The van der Waals surface area contributed by atoms with Crippen LogP contribution in [0.4, 0.5) is 14.9 Å². The lowest BCUT2D eigenvalue weighted by atomic mass is 9.95. The highest BCUT2D eigenvalue weighted by Crippen LogP contribution is 2.26. The lowest BCUT2D eigenvalue weighted by molar-refractivity contribution is 0.0577. The van der Waals surface area contributed by atoms with Crippen LogP contribution < -0.4 is 4.90 Å². The van der Waals surface area contributed by atoms with E-state index in [2.05, 4.69) is 11.1 Å². The second-order valence-corrected chi connectivity index (χ2v) is 9.68. The number of nitrogens with zero attached hydrogens (tertiary/aromatic N) is 3. The van der Waals surface area contributed by atoms with Gasteiger partial charge in [-0.15, -0.1) is 0 Å². The van der Waals surface area contributed by atoms with Crippen molar-refractivity contribution in [3.8, 4) is 6.07 Å². The highest BCUT2D eigenvalue weighted by Gasteiger charge is 2.25. The van der Waals surface area contributed by atoms with Crippen LogP contribution in [0.3, 0.4) is 0 Å². The molecule has 0 radical (unpaired) electrons. The molecule has 0 fully saturated rings. The first kappa shape index (κ1) is 33.3. The van der Waals surface area contributed by atoms with E-state index in [9.17, 15) is 9.18 Å². The second kappa shape index (κ2) is 16.3. The fraction of sp³-hybridized carbons (Fsp3) is 0.424. The van der Waals surface area contributed by atoms with Crippen molar-refractivity contribution < 1.29 is 13.9 Å². The Morgan fingerprint density at radius 3 is 2.23 bits per heavy atom. The Morgan fingerprint density at radius 2 is 1.67 bits per heavy atom. The molecule has 1 heterocycles. The minimum atomic E-state index is -0.664. The van der Waals surface area contributed by atoms with Crippen LogP contribution in [0.15, 0.2) is 54.7 Å². The predicted molar refractivity (Wildman–Crippen MR) is 159 cm³/mol. The van der Waals surface area contributed by atoms with Gasteiger partial charge in [-0.25, -0.2) is 9.18 Å². The number of anilines is 1. The van der Waals surface area contributed by atoms with Crippen LogP contribution in [0.1, 0.15) is 87.5 Å². The fourth-order valence-electron chi connectivity index (χ4n) is 3.89. The third-order valence-corrected chi connectivity index (χ3v) is 5.79. The van der Waals surface area contributed by atoms with E-state index in [0.717, 1.165) is 27.8 Å². The molecule has 2 aromatic carbocycles. The Balaban J connectivity index is 0.00000181. The molecule has 0 aliphatic heterocycles. The van der Waals surface area contributed by atoms with Crippen molar-refractivity contribution in [3.63, 3.8) is 0 Å². The summed E-state index contributed by atoms with van der Waals surface area (Å²) >= 11 is 0. The van der Waals surface area contributed by atoms with Gasteiger partial charge in [-0.05, 0) is 94.0 Å². The van der Waals surface area contributed by atoms with Crippen LogP contribution in [0.25, 0.3) is 0 Å². The fourth-order valence-corrected chi connectivity index (χ4v) is 3.89. The van der Waals surface area contributed by atoms with Crippen LogP contribution in [0.5, 0.6) is 0 Å². The Kier molecular flexibility index (Phi) is 13.9. The number of hydrogen-bond donors (Lipinski definition) is 0. The molecule has 39 heavy (non-hydrogen) atoms. The number of alkyl halides is 1. The lowest BCUT2D eigenvalue weighted by Gasteiger charge is -2.28. The van der Waals surface area contributed by atoms with Crippen LogP contribution in [0.2, 0.25) is 0 Å². The maximum absolute atomic E-state index is 13.8. The zero-order chi connectivity index (χ0) is 29.6. The largest absolute Gasteiger partial charge is 0.443 e. The Bertz CT molecular complexity index is 1230. The average Bonchev–Trinajstić information content (AvgIpc) is 2.93. The average molecular weight is 534 g/mol. The van der Waals surface area contributed by atoms with E-state index < -0.39 is 18.4 Å². The molecule has 0 atom stereocenters. The first-order valence-electron chi connectivity index (χ1n) is 13.7. The number of halogens is 1. The standard InChI is InChI=1S/C29H32FN3O2.2C2H6/c1-20-9-12-25(13-10-20)33(28(34)35-29(3,4)5)19-24-18-32-27(16-30)26(21(24)2)14-11-22-7-6-8-23(15-22)17-31;2*1-2/h6-10,12-13,15,18H,11,14,16,19H2,1-5H3;2*1-2H3. The third kappa shape index (κ3) is 10.2. The number of rotatable bonds is 7. The summed E-state index contributed by atoms with van der Waals surface area (Å²) in [6, 6.07) is 17.3. The molecule has 0 spiro atoms. The zero-order valence-corrected chi connectivity index (χ0v) is 25.1. The number of amides is 1. The minimum Gasteiger partial charge on any atom is -0.443 e. The van der Waals surface area contributed by atoms with E-state index >= 15 is 0 Å². The molecule has 0 N–H and O–H groups in total. The number of hydrogen-bond acceptors (Lipinski definition) is 4. The van der Waals surface area contributed by atoms with Gasteiger partial charge >= 0.3 is 6.09 Å². The summed E-state index contributed by atoms with van der Waals surface area (Å²) in [6.45, 7) is 17.0. The van der Waals surface area contributed by atoms with Crippen molar-refractivity contribution in [2.24, 2.45) is 0 Å². The van der Waals surface area contributed by atoms with E-state index in [0.29, 0.717) is 29.8 Å². The molecule has 1 aromatic heterocycles. The number of carbonyl (C=O) groups is 1. The van der Waals surface area contributed by atoms with Crippen molar-refractivity contribution in [2.45, 2.75) is 94.0 Å². The van der Waals surface area contributed by atoms with E-state index in [1.54, 1.807) is 17.2 Å². The summed E-state index contributed by atoms with van der Waals surface area (Å²) in [6.07, 6.45) is 2.43. The molecule has 0 aliphatic carbocycles. The summed E-state index contributed by atoms with van der Waals surface area (Å²) < 4.78 is 19.5. The van der Waals surface area contributed by atoms with Gasteiger partial charge in [0.1, 0.15) is 12.3 Å². The molecule has 0 saturated carbocycles. The molecule has 3 aromatic rings. The van der Waals surface area contributed by atoms with E-state index in [1.807, 2.05) is 105 Å². The molecule has 210 valence electrons. The first-order chi connectivity index (χ1) is 18.6. The Hall–Kier alpha value is -3.72. The highest BCUT2D eigenvalue weighted by molar-refractivity contribution is 5.87. The Labute approximate surface area is 234 Å². The molecule has 0 aliphatic rings. The maximum atomic E-state index is 13.8. The summed E-state index contributed by atoms with van der Waals surface area (Å²) in [7, 11) is 0. The van der Waals surface area contributed by atoms with E-state index in [4.69, 9.17) is 10.00 Å². The molecule has 0 unspecified atom stereocenters. The van der Waals surface area contributed by atoms with Gasteiger partial charge in [-0.1, -0.05) is 57.5 Å². The number of pyridine rings is 1. The van der Waals surface area contributed by atoms with Gasteiger partial charge in [-0.2, -0.15) is 5.26 Å². The minimum absolute atomic E-state index is 0.250. The number of ether oxygens (including phenoxy) is 1. The van der Waals surface area contributed by atoms with E-state index in [-0.39, 0.29) is 6.54 Å². The van der Waals surface area contributed by atoms with Gasteiger partial charge in [0.05, 0.1) is 23.9 Å². The predicted octanol–water partition coefficient (Wildman–Crippen LogP) is 8.82. The number of nitriles is 1. The molecule has 3 rings (SSSR count). The van der Waals surface area contributed by atoms with Crippen LogP contribution in [-0.2, 0) is 30.8 Å². The van der Waals surface area contributed by atoms with Crippen molar-refractivity contribution >= 4 is 11.8 Å². The molecular formula is C33H44FN3O2. The number of aromatic nitrogens is 1. The van der Waals surface area contributed by atoms with Crippen molar-refractivity contribution in [1.29, 1.82) is 5.26 Å². The van der Waals surface area contributed by atoms with Gasteiger partial charge in [-0.3, -0.25) is 9.88 Å². The quantitative estimate of drug-likeness (QED) is 0.304. The monoisotopic (exact) mass is 533 g/mol. The molecule has 5 nitrogen and oxygen atoms in total. The highest BCUT2D eigenvalue weighted by atomic mass is 19.1. The molecule has 6 heteroatoms. The smallest absolute Gasteiger partial charge is 0.415 e. The van der Waals surface area contributed by atoms with Crippen LogP contribution in [0, 0.1) is 25.2 Å². The van der Waals surface area contributed by atoms with Crippen molar-refractivity contribution in [2.75, 3.05) is 4.90 Å². The zero-order valence-electron chi connectivity index (χ0n) is 25.1. The van der Waals surface area contributed by atoms with Crippen molar-refractivity contribution in [1.82, 2.24) is 4.98 Å².